The Labute approximate surface area is 78.6 Å². The van der Waals surface area contributed by atoms with E-state index in [4.69, 9.17) is 8.54 Å². The molecule has 0 bridgehead atoms. The third kappa shape index (κ3) is 4.86. The van der Waals surface area contributed by atoms with Crippen molar-refractivity contribution in [3.05, 3.63) is 0 Å². The topological polar surface area (TPSA) is 26.3 Å². The van der Waals surface area contributed by atoms with Crippen LogP contribution in [0.5, 0.6) is 0 Å². The number of ether oxygens (including phenoxy) is 1. The van der Waals surface area contributed by atoms with E-state index in [1.165, 1.54) is 19.3 Å². The molecular formula is C7H17AlO2Si. The fourth-order valence-corrected chi connectivity index (χ4v) is 2.71. The van der Waals surface area contributed by atoms with Gasteiger partial charge in [-0.2, -0.15) is 0 Å². The summed E-state index contributed by atoms with van der Waals surface area (Å²) in [6.45, 7) is 5.77. The minimum atomic E-state index is -0.474. The molecule has 1 saturated heterocycles. The monoisotopic (exact) mass is 188 g/mol. The van der Waals surface area contributed by atoms with Gasteiger partial charge >= 0.3 is 20.0 Å². The van der Waals surface area contributed by atoms with E-state index in [1.54, 1.807) is 0 Å². The summed E-state index contributed by atoms with van der Waals surface area (Å²) < 4.78 is 13.9. The quantitative estimate of drug-likeness (QED) is 0.569. The maximum absolute atomic E-state index is 8.28. The van der Waals surface area contributed by atoms with Crippen molar-refractivity contribution in [2.24, 2.45) is 0 Å². The molecule has 0 aromatic heterocycles. The summed E-state index contributed by atoms with van der Waals surface area (Å²) >= 11 is 0.611. The first-order valence-electron chi connectivity index (χ1n) is 4.21. The van der Waals surface area contributed by atoms with Gasteiger partial charge in [-0.15, -0.1) is 0 Å². The van der Waals surface area contributed by atoms with Crippen LogP contribution < -0.4 is 0 Å². The van der Waals surface area contributed by atoms with Crippen LogP contribution in [-0.2, 0) is 8.54 Å². The van der Waals surface area contributed by atoms with Crippen LogP contribution in [0.2, 0.25) is 13.1 Å². The fraction of sp³-hybridized carbons (Fsp3) is 1.00. The van der Waals surface area contributed by atoms with Crippen LogP contribution in [0, 0.1) is 0 Å². The van der Waals surface area contributed by atoms with Crippen LogP contribution >= 0.6 is 0 Å². The Balaban J connectivity index is 0.000000461. The van der Waals surface area contributed by atoms with Crippen molar-refractivity contribution in [1.82, 2.24) is 0 Å². The van der Waals surface area contributed by atoms with Crippen LogP contribution in [0.15, 0.2) is 0 Å². The van der Waals surface area contributed by atoms with Gasteiger partial charge < -0.3 is 4.74 Å². The van der Waals surface area contributed by atoms with E-state index >= 15 is 0 Å². The van der Waals surface area contributed by atoms with Crippen molar-refractivity contribution in [2.45, 2.75) is 38.1 Å². The van der Waals surface area contributed by atoms with E-state index in [0.717, 1.165) is 6.61 Å². The molecule has 0 aromatic rings. The van der Waals surface area contributed by atoms with Crippen molar-refractivity contribution in [1.29, 1.82) is 0 Å². The fourth-order valence-electron chi connectivity index (χ4n) is 1.29. The Morgan fingerprint density at radius 3 is 2.27 bits per heavy atom. The second-order valence-electron chi connectivity index (χ2n) is 3.15. The van der Waals surface area contributed by atoms with E-state index in [1.807, 2.05) is 0 Å². The maximum atomic E-state index is 8.28. The van der Waals surface area contributed by atoms with Crippen molar-refractivity contribution in [3.63, 3.8) is 0 Å². The normalized spacial score (nSPS) is 24.0. The molecule has 0 spiro atoms. The first-order valence-corrected chi connectivity index (χ1v) is 7.76. The van der Waals surface area contributed by atoms with Crippen LogP contribution in [0.25, 0.3) is 0 Å². The molecule has 0 saturated carbocycles. The second kappa shape index (κ2) is 7.17. The first kappa shape index (κ1) is 11.5. The van der Waals surface area contributed by atoms with Gasteiger partial charge in [0.05, 0.1) is 8.80 Å². The van der Waals surface area contributed by atoms with Gasteiger partial charge in [-0.25, -0.2) is 0 Å². The zero-order valence-electron chi connectivity index (χ0n) is 7.51. The molecule has 0 aromatic carbocycles. The van der Waals surface area contributed by atoms with Gasteiger partial charge in [-0.3, -0.25) is 0 Å². The van der Waals surface area contributed by atoms with Crippen LogP contribution in [0.3, 0.4) is 0 Å². The van der Waals surface area contributed by atoms with Crippen LogP contribution in [0.4, 0.5) is 0 Å². The predicted molar refractivity (Wildman–Crippen MR) is 50.3 cm³/mol. The number of hydrogen-bond acceptors (Lipinski definition) is 2. The van der Waals surface area contributed by atoms with E-state index in [0.29, 0.717) is 22.0 Å². The van der Waals surface area contributed by atoms with Crippen LogP contribution in [-0.4, -0.2) is 37.4 Å². The van der Waals surface area contributed by atoms with Gasteiger partial charge in [0, 0.05) is 12.3 Å². The molecule has 1 heterocycles. The molecule has 0 amide bonds. The summed E-state index contributed by atoms with van der Waals surface area (Å²) in [6.07, 6.45) is 4.03. The number of rotatable bonds is 1. The van der Waals surface area contributed by atoms with E-state index in [-0.39, 0.29) is 0 Å². The van der Waals surface area contributed by atoms with Crippen molar-refractivity contribution >= 4 is 25.0 Å². The summed E-state index contributed by atoms with van der Waals surface area (Å²) in [4.78, 5) is 0. The first-order chi connectivity index (χ1) is 5.30. The molecule has 1 unspecified atom stereocenters. The van der Waals surface area contributed by atoms with Crippen molar-refractivity contribution in [2.75, 3.05) is 6.61 Å². The summed E-state index contributed by atoms with van der Waals surface area (Å²) in [7, 11) is -0.474. The molecule has 1 atom stereocenters. The standard InChI is InChI=1S/C7H16OSi.Al.O.H/c1-9(2)7-5-3-4-6-8-7;;;/h7,9H,3-6H2,1-2H3;;;. The summed E-state index contributed by atoms with van der Waals surface area (Å²) in [6, 6.07) is 0. The Bertz CT molecular complexity index is 94.4. The van der Waals surface area contributed by atoms with Gasteiger partial charge in [-0.05, 0) is 19.3 Å². The molecule has 1 fully saturated rings. The molecule has 0 radical (unpaired) electrons. The summed E-state index contributed by atoms with van der Waals surface area (Å²) in [5.41, 5.74) is 0.693. The van der Waals surface area contributed by atoms with Gasteiger partial charge in [-0.1, -0.05) is 13.1 Å². The number of hydrogen-bond donors (Lipinski definition) is 0. The molecule has 2 nitrogen and oxygen atoms in total. The average Bonchev–Trinajstić information content (AvgIpc) is 2.10. The van der Waals surface area contributed by atoms with Crippen molar-refractivity contribution < 1.29 is 8.54 Å². The molecule has 64 valence electrons. The Hall–Kier alpha value is 0.509. The molecule has 4 heteroatoms. The summed E-state index contributed by atoms with van der Waals surface area (Å²) in [5, 5.41) is 0. The third-order valence-electron chi connectivity index (χ3n) is 1.96. The minimum absolute atomic E-state index is 0.474. The SMILES string of the molecule is C[SiH](C)C1CCCCO1.[O]=[AlH]. The molecule has 1 aliphatic heterocycles. The average molecular weight is 188 g/mol. The molecule has 0 N–H and O–H groups in total. The van der Waals surface area contributed by atoms with E-state index < -0.39 is 8.80 Å². The van der Waals surface area contributed by atoms with E-state index in [2.05, 4.69) is 13.1 Å². The Kier molecular flexibility index (Phi) is 7.51. The zero-order valence-corrected chi connectivity index (χ0v) is 10.1. The molecule has 11 heavy (non-hydrogen) atoms. The van der Waals surface area contributed by atoms with Gasteiger partial charge in [0.25, 0.3) is 0 Å². The van der Waals surface area contributed by atoms with Crippen molar-refractivity contribution in [3.8, 4) is 0 Å². The molecule has 1 rings (SSSR count). The molecule has 0 aliphatic carbocycles. The second-order valence-corrected chi connectivity index (χ2v) is 6.38. The van der Waals surface area contributed by atoms with Gasteiger partial charge in [0.2, 0.25) is 0 Å². The van der Waals surface area contributed by atoms with E-state index in [9.17, 15) is 0 Å². The molecule has 1 aliphatic rings. The predicted octanol–water partition coefficient (Wildman–Crippen LogP) is 0.814. The Morgan fingerprint density at radius 2 is 2.00 bits per heavy atom. The molecular weight excluding hydrogens is 171 g/mol. The third-order valence-corrected chi connectivity index (χ3v) is 3.97. The van der Waals surface area contributed by atoms with Crippen LogP contribution in [0.1, 0.15) is 19.3 Å². The summed E-state index contributed by atoms with van der Waals surface area (Å²) in [5.74, 6) is 0. The Morgan fingerprint density at radius 1 is 1.36 bits per heavy atom. The van der Waals surface area contributed by atoms with Gasteiger partial charge in [0.15, 0.2) is 0 Å². The zero-order chi connectivity index (χ0) is 8.69. The van der Waals surface area contributed by atoms with Gasteiger partial charge in [0.1, 0.15) is 0 Å².